The number of alkyl halides is 3. The number of aryl methyl sites for hydroxylation is 1. The molecule has 0 aliphatic rings. The Morgan fingerprint density at radius 1 is 1.22 bits per heavy atom. The summed E-state index contributed by atoms with van der Waals surface area (Å²) < 4.78 is 51.7. The number of rotatable bonds is 1. The van der Waals surface area contributed by atoms with Crippen molar-refractivity contribution in [1.82, 2.24) is 9.78 Å². The van der Waals surface area contributed by atoms with E-state index in [1.54, 1.807) is 6.92 Å². The van der Waals surface area contributed by atoms with E-state index in [-0.39, 0.29) is 4.60 Å². The van der Waals surface area contributed by atoms with Gasteiger partial charge in [-0.05, 0) is 46.6 Å². The molecule has 0 saturated heterocycles. The molecule has 0 bridgehead atoms. The Hall–Kier alpha value is -1.37. The van der Waals surface area contributed by atoms with Crippen molar-refractivity contribution < 1.29 is 17.6 Å². The van der Waals surface area contributed by atoms with Crippen LogP contribution in [0.25, 0.3) is 5.69 Å². The van der Waals surface area contributed by atoms with E-state index in [1.165, 1.54) is 18.2 Å². The van der Waals surface area contributed by atoms with Gasteiger partial charge in [-0.25, -0.2) is 9.07 Å². The molecule has 96 valence electrons. The van der Waals surface area contributed by atoms with Crippen molar-refractivity contribution in [2.45, 2.75) is 13.1 Å². The van der Waals surface area contributed by atoms with Crippen molar-refractivity contribution in [2.24, 2.45) is 0 Å². The summed E-state index contributed by atoms with van der Waals surface area (Å²) in [5.74, 6) is -0.449. The van der Waals surface area contributed by atoms with Crippen LogP contribution >= 0.6 is 15.9 Å². The minimum absolute atomic E-state index is 0.157. The molecule has 1 aromatic carbocycles. The molecule has 2 aromatic rings. The van der Waals surface area contributed by atoms with Crippen LogP contribution in [0.4, 0.5) is 17.6 Å². The summed E-state index contributed by atoms with van der Waals surface area (Å²) in [6, 6.07) is 4.66. The second-order valence-corrected chi connectivity index (χ2v) is 4.51. The Bertz CT molecular complexity index is 589. The first kappa shape index (κ1) is 13.1. The number of nitrogens with zero attached hydrogens (tertiary/aromatic N) is 2. The van der Waals surface area contributed by atoms with Gasteiger partial charge in [-0.15, -0.1) is 0 Å². The van der Waals surface area contributed by atoms with Crippen molar-refractivity contribution in [3.8, 4) is 5.69 Å². The van der Waals surface area contributed by atoms with E-state index in [1.807, 2.05) is 0 Å². The standard InChI is InChI=1S/C11H7BrF4N2/c1-6-4-7(13)2-3-8(6)18-10(12)5-9(17-18)11(14,15)16/h2-5H,1H3. The molecule has 0 fully saturated rings. The van der Waals surface area contributed by atoms with Crippen LogP contribution in [0.1, 0.15) is 11.3 Å². The zero-order valence-electron chi connectivity index (χ0n) is 9.09. The van der Waals surface area contributed by atoms with Gasteiger partial charge in [-0.2, -0.15) is 18.3 Å². The molecule has 2 nitrogen and oxygen atoms in total. The van der Waals surface area contributed by atoms with E-state index in [0.29, 0.717) is 11.3 Å². The third-order valence-electron chi connectivity index (χ3n) is 2.34. The van der Waals surface area contributed by atoms with Gasteiger partial charge in [-0.3, -0.25) is 0 Å². The van der Waals surface area contributed by atoms with Crippen LogP contribution in [0.15, 0.2) is 28.9 Å². The molecule has 0 radical (unpaired) electrons. The Morgan fingerprint density at radius 2 is 1.89 bits per heavy atom. The van der Waals surface area contributed by atoms with Crippen molar-refractivity contribution in [3.63, 3.8) is 0 Å². The molecular formula is C11H7BrF4N2. The molecule has 18 heavy (non-hydrogen) atoms. The highest BCUT2D eigenvalue weighted by atomic mass is 79.9. The van der Waals surface area contributed by atoms with E-state index in [0.717, 1.165) is 10.7 Å². The Morgan fingerprint density at radius 3 is 2.39 bits per heavy atom. The second kappa shape index (κ2) is 4.38. The first-order chi connectivity index (χ1) is 8.29. The quantitative estimate of drug-likeness (QED) is 0.723. The maximum Gasteiger partial charge on any atom is 0.435 e. The van der Waals surface area contributed by atoms with Gasteiger partial charge >= 0.3 is 6.18 Å². The Balaban J connectivity index is 2.55. The molecule has 1 aromatic heterocycles. The summed E-state index contributed by atoms with van der Waals surface area (Å²) in [6.45, 7) is 1.60. The van der Waals surface area contributed by atoms with Crippen LogP contribution in [0.3, 0.4) is 0 Å². The average Bonchev–Trinajstić information content (AvgIpc) is 2.60. The number of halogens is 5. The van der Waals surface area contributed by atoms with Crippen molar-refractivity contribution in [3.05, 3.63) is 45.9 Å². The predicted molar refractivity (Wildman–Crippen MR) is 61.0 cm³/mol. The topological polar surface area (TPSA) is 17.8 Å². The molecule has 0 spiro atoms. The molecule has 0 amide bonds. The molecule has 0 aliphatic carbocycles. The van der Waals surface area contributed by atoms with E-state index in [2.05, 4.69) is 21.0 Å². The van der Waals surface area contributed by atoms with Gasteiger partial charge in [0, 0.05) is 6.07 Å². The summed E-state index contributed by atoms with van der Waals surface area (Å²) in [4.78, 5) is 0. The smallest absolute Gasteiger partial charge is 0.226 e. The van der Waals surface area contributed by atoms with Crippen molar-refractivity contribution in [1.29, 1.82) is 0 Å². The fourth-order valence-corrected chi connectivity index (χ4v) is 2.01. The first-order valence-corrected chi connectivity index (χ1v) is 5.67. The van der Waals surface area contributed by atoms with Gasteiger partial charge in [0.1, 0.15) is 10.4 Å². The third-order valence-corrected chi connectivity index (χ3v) is 2.91. The summed E-state index contributed by atoms with van der Waals surface area (Å²) in [5.41, 5.74) is -0.121. The van der Waals surface area contributed by atoms with E-state index < -0.39 is 17.7 Å². The highest BCUT2D eigenvalue weighted by molar-refractivity contribution is 9.10. The lowest BCUT2D eigenvalue weighted by molar-refractivity contribution is -0.141. The average molecular weight is 323 g/mol. The molecule has 2 rings (SSSR count). The summed E-state index contributed by atoms with van der Waals surface area (Å²) in [5, 5.41) is 3.46. The fourth-order valence-electron chi connectivity index (χ4n) is 1.52. The molecule has 0 saturated carbocycles. The Labute approximate surface area is 108 Å². The third kappa shape index (κ3) is 2.40. The second-order valence-electron chi connectivity index (χ2n) is 3.69. The first-order valence-electron chi connectivity index (χ1n) is 4.88. The monoisotopic (exact) mass is 322 g/mol. The van der Waals surface area contributed by atoms with Crippen molar-refractivity contribution in [2.75, 3.05) is 0 Å². The lowest BCUT2D eigenvalue weighted by Crippen LogP contribution is -2.08. The largest absolute Gasteiger partial charge is 0.435 e. The lowest BCUT2D eigenvalue weighted by Gasteiger charge is -2.07. The maximum absolute atomic E-state index is 12.9. The van der Waals surface area contributed by atoms with Crippen LogP contribution in [0.5, 0.6) is 0 Å². The summed E-state index contributed by atoms with van der Waals surface area (Å²) in [6.07, 6.45) is -4.51. The SMILES string of the molecule is Cc1cc(F)ccc1-n1nc(C(F)(F)F)cc1Br. The van der Waals surface area contributed by atoms with Gasteiger partial charge < -0.3 is 0 Å². The molecule has 0 unspecified atom stereocenters. The van der Waals surface area contributed by atoms with Gasteiger partial charge in [0.05, 0.1) is 5.69 Å². The van der Waals surface area contributed by atoms with E-state index >= 15 is 0 Å². The van der Waals surface area contributed by atoms with Crippen LogP contribution in [0.2, 0.25) is 0 Å². The zero-order valence-corrected chi connectivity index (χ0v) is 10.7. The summed E-state index contributed by atoms with van der Waals surface area (Å²) >= 11 is 3.01. The fraction of sp³-hybridized carbons (Fsp3) is 0.182. The van der Waals surface area contributed by atoms with E-state index in [9.17, 15) is 17.6 Å². The van der Waals surface area contributed by atoms with E-state index in [4.69, 9.17) is 0 Å². The minimum Gasteiger partial charge on any atom is -0.226 e. The van der Waals surface area contributed by atoms with Crippen LogP contribution < -0.4 is 0 Å². The molecule has 0 aliphatic heterocycles. The predicted octanol–water partition coefficient (Wildman–Crippen LogP) is 4.10. The molecule has 1 heterocycles. The van der Waals surface area contributed by atoms with Gasteiger partial charge in [0.2, 0.25) is 0 Å². The number of aromatic nitrogens is 2. The van der Waals surface area contributed by atoms with Gasteiger partial charge in [0.25, 0.3) is 0 Å². The molecular weight excluding hydrogens is 316 g/mol. The molecule has 7 heteroatoms. The lowest BCUT2D eigenvalue weighted by atomic mass is 10.2. The minimum atomic E-state index is -4.51. The highest BCUT2D eigenvalue weighted by Gasteiger charge is 2.34. The number of hydrogen-bond donors (Lipinski definition) is 0. The Kier molecular flexibility index (Phi) is 3.18. The van der Waals surface area contributed by atoms with Crippen LogP contribution in [-0.2, 0) is 6.18 Å². The normalized spacial score (nSPS) is 11.9. The van der Waals surface area contributed by atoms with Crippen LogP contribution in [0, 0.1) is 12.7 Å². The van der Waals surface area contributed by atoms with Crippen LogP contribution in [-0.4, -0.2) is 9.78 Å². The van der Waals surface area contributed by atoms with Gasteiger partial charge in [0.15, 0.2) is 5.69 Å². The van der Waals surface area contributed by atoms with Crippen molar-refractivity contribution >= 4 is 15.9 Å². The summed E-state index contributed by atoms with van der Waals surface area (Å²) in [7, 11) is 0. The highest BCUT2D eigenvalue weighted by Crippen LogP contribution is 2.31. The molecule has 0 N–H and O–H groups in total. The zero-order chi connectivity index (χ0) is 13.5. The van der Waals surface area contributed by atoms with Gasteiger partial charge in [-0.1, -0.05) is 0 Å². The number of hydrogen-bond acceptors (Lipinski definition) is 1. The number of benzene rings is 1. The maximum atomic E-state index is 12.9. The molecule has 0 atom stereocenters.